The first kappa shape index (κ1) is 24.0. The number of hydrogen-bond acceptors (Lipinski definition) is 5. The van der Waals surface area contributed by atoms with Crippen LogP contribution >= 0.6 is 0 Å². The lowest BCUT2D eigenvalue weighted by atomic mass is 9.68. The second kappa shape index (κ2) is 9.37. The Morgan fingerprint density at radius 3 is 2.46 bits per heavy atom. The Morgan fingerprint density at radius 2 is 1.74 bits per heavy atom. The van der Waals surface area contributed by atoms with Crippen molar-refractivity contribution in [3.63, 3.8) is 0 Å². The molecule has 7 rings (SSSR count). The molecule has 1 N–H and O–H groups in total. The lowest BCUT2D eigenvalue weighted by molar-refractivity contribution is -0.129. The Balaban J connectivity index is 1.60. The van der Waals surface area contributed by atoms with Gasteiger partial charge in [-0.15, -0.1) is 0 Å². The fourth-order valence-corrected chi connectivity index (χ4v) is 7.40. The van der Waals surface area contributed by atoms with E-state index < -0.39 is 10.0 Å². The minimum atomic E-state index is -4.01. The summed E-state index contributed by atoms with van der Waals surface area (Å²) in [6.45, 7) is 3.01. The van der Waals surface area contributed by atoms with Crippen LogP contribution in [-0.2, 0) is 14.8 Å². The highest BCUT2D eigenvalue weighted by Crippen LogP contribution is 2.45. The average Bonchev–Trinajstić information content (AvgIpc) is 3.06. The van der Waals surface area contributed by atoms with E-state index in [1.807, 2.05) is 30.0 Å². The number of aryl methyl sites for hydroxylation is 1. The van der Waals surface area contributed by atoms with Crippen molar-refractivity contribution in [3.8, 4) is 5.75 Å². The van der Waals surface area contributed by atoms with Crippen LogP contribution in [0.15, 0.2) is 47.4 Å². The van der Waals surface area contributed by atoms with Crippen LogP contribution in [0, 0.1) is 12.3 Å². The van der Waals surface area contributed by atoms with E-state index in [0.29, 0.717) is 36.0 Å². The van der Waals surface area contributed by atoms with Gasteiger partial charge in [0, 0.05) is 24.8 Å². The molecule has 0 unspecified atom stereocenters. The van der Waals surface area contributed by atoms with Crippen molar-refractivity contribution in [1.29, 1.82) is 0 Å². The zero-order valence-corrected chi connectivity index (χ0v) is 21.4. The molecule has 2 aromatic rings. The van der Waals surface area contributed by atoms with E-state index in [0.717, 1.165) is 43.4 Å². The SMILES string of the molecule is COc1ccc(C)cc1N1CC(=O)N2CCCC3(CCC(CC3)Nc3ccc(cc3)S1(=O)=O)CC2. The van der Waals surface area contributed by atoms with E-state index in [1.165, 1.54) is 24.3 Å². The summed E-state index contributed by atoms with van der Waals surface area (Å²) >= 11 is 0. The molecule has 4 aliphatic heterocycles. The average molecular weight is 498 g/mol. The fourth-order valence-electron chi connectivity index (χ4n) is 5.98. The summed E-state index contributed by atoms with van der Waals surface area (Å²) in [5.74, 6) is 0.264. The maximum absolute atomic E-state index is 13.9. The monoisotopic (exact) mass is 497 g/mol. The molecule has 2 aromatic carbocycles. The number of hydrogen-bond donors (Lipinski definition) is 1. The smallest absolute Gasteiger partial charge is 0.264 e. The first-order valence-electron chi connectivity index (χ1n) is 12.6. The molecule has 1 amide bonds. The van der Waals surface area contributed by atoms with Crippen molar-refractivity contribution < 1.29 is 17.9 Å². The number of sulfonamides is 1. The van der Waals surface area contributed by atoms with Gasteiger partial charge < -0.3 is 15.0 Å². The molecule has 1 saturated carbocycles. The Bertz CT molecular complexity index is 1190. The standard InChI is InChI=1S/C27H35N3O4S/c1-20-4-9-25(34-2)24(18-20)30-19-26(31)29-16-3-12-27(15-17-29)13-10-22(11-14-27)28-21-5-7-23(8-6-21)35(30,32)33/h4-9,18,22,28H,3,10-17,19H2,1-2H3. The highest BCUT2D eigenvalue weighted by Gasteiger charge is 2.38. The van der Waals surface area contributed by atoms with Gasteiger partial charge in [0.05, 0.1) is 17.7 Å². The normalized spacial score (nSPS) is 26.5. The highest BCUT2D eigenvalue weighted by molar-refractivity contribution is 7.92. The third kappa shape index (κ3) is 4.73. The molecule has 0 atom stereocenters. The minimum Gasteiger partial charge on any atom is -0.495 e. The van der Waals surface area contributed by atoms with Crippen LogP contribution in [0.5, 0.6) is 5.75 Å². The molecular formula is C27H35N3O4S. The van der Waals surface area contributed by atoms with E-state index in [-0.39, 0.29) is 17.3 Å². The number of carbonyl (C=O) groups excluding carboxylic acids is 1. The molecule has 7 nitrogen and oxygen atoms in total. The number of rotatable bonds is 2. The number of amides is 1. The molecule has 1 saturated heterocycles. The van der Waals surface area contributed by atoms with Crippen molar-refractivity contribution in [2.24, 2.45) is 5.41 Å². The molecule has 188 valence electrons. The Labute approximate surface area is 208 Å². The Hall–Kier alpha value is -2.74. The molecule has 35 heavy (non-hydrogen) atoms. The van der Waals surface area contributed by atoms with Crippen molar-refractivity contribution in [3.05, 3.63) is 48.0 Å². The first-order chi connectivity index (χ1) is 16.8. The summed E-state index contributed by atoms with van der Waals surface area (Å²) < 4.78 is 34.6. The predicted molar refractivity (Wildman–Crippen MR) is 137 cm³/mol. The van der Waals surface area contributed by atoms with Gasteiger partial charge in [0.1, 0.15) is 12.3 Å². The minimum absolute atomic E-state index is 0.157. The quantitative estimate of drug-likeness (QED) is 0.658. The number of methoxy groups -OCH3 is 1. The number of nitrogens with zero attached hydrogens (tertiary/aromatic N) is 2. The number of anilines is 2. The second-order valence-corrected chi connectivity index (χ2v) is 12.2. The Kier molecular flexibility index (Phi) is 6.42. The molecule has 4 heterocycles. The molecule has 8 heteroatoms. The van der Waals surface area contributed by atoms with Gasteiger partial charge in [0.25, 0.3) is 10.0 Å². The lowest BCUT2D eigenvalue weighted by Crippen LogP contribution is -2.44. The van der Waals surface area contributed by atoms with Crippen LogP contribution < -0.4 is 14.4 Å². The molecule has 1 spiro atoms. The third-order valence-corrected chi connectivity index (χ3v) is 9.92. The van der Waals surface area contributed by atoms with Gasteiger partial charge in [0.2, 0.25) is 5.91 Å². The van der Waals surface area contributed by atoms with Crippen LogP contribution in [0.1, 0.15) is 50.5 Å². The van der Waals surface area contributed by atoms with Gasteiger partial charge >= 0.3 is 0 Å². The summed E-state index contributed by atoms with van der Waals surface area (Å²) in [5, 5.41) is 3.62. The largest absolute Gasteiger partial charge is 0.495 e. The van der Waals surface area contributed by atoms with Gasteiger partial charge in [-0.3, -0.25) is 9.10 Å². The van der Waals surface area contributed by atoms with Gasteiger partial charge in [-0.25, -0.2) is 8.42 Å². The summed E-state index contributed by atoms with van der Waals surface area (Å²) in [7, 11) is -2.49. The van der Waals surface area contributed by atoms with Crippen LogP contribution in [0.25, 0.3) is 0 Å². The summed E-state index contributed by atoms with van der Waals surface area (Å²) in [6.07, 6.45) is 7.63. The van der Waals surface area contributed by atoms with Crippen molar-refractivity contribution in [2.75, 3.05) is 36.4 Å². The molecule has 1 aliphatic carbocycles. The highest BCUT2D eigenvalue weighted by atomic mass is 32.2. The van der Waals surface area contributed by atoms with Crippen LogP contribution in [-0.4, -0.2) is 52.0 Å². The predicted octanol–water partition coefficient (Wildman–Crippen LogP) is 4.57. The Morgan fingerprint density at radius 1 is 1.00 bits per heavy atom. The van der Waals surface area contributed by atoms with Gasteiger partial charge in [-0.1, -0.05) is 6.07 Å². The van der Waals surface area contributed by atoms with Crippen molar-refractivity contribution in [1.82, 2.24) is 4.90 Å². The molecule has 5 bridgehead atoms. The first-order valence-corrected chi connectivity index (χ1v) is 14.1. The topological polar surface area (TPSA) is 79.0 Å². The molecular weight excluding hydrogens is 462 g/mol. The van der Waals surface area contributed by atoms with Gasteiger partial charge in [-0.2, -0.15) is 0 Å². The zero-order valence-electron chi connectivity index (χ0n) is 20.6. The van der Waals surface area contributed by atoms with Crippen LogP contribution in [0.4, 0.5) is 11.4 Å². The van der Waals surface area contributed by atoms with E-state index in [9.17, 15) is 13.2 Å². The number of fused-ring (bicyclic) bond motifs is 2. The number of benzene rings is 2. The maximum atomic E-state index is 13.9. The molecule has 5 aliphatic rings. The van der Waals surface area contributed by atoms with Gasteiger partial charge in [-0.05, 0) is 99.2 Å². The molecule has 0 radical (unpaired) electrons. The summed E-state index contributed by atoms with van der Waals surface area (Å²) in [4.78, 5) is 15.6. The molecule has 2 fully saturated rings. The number of carbonyl (C=O) groups is 1. The molecule has 0 aromatic heterocycles. The van der Waals surface area contributed by atoms with E-state index in [4.69, 9.17) is 4.74 Å². The van der Waals surface area contributed by atoms with Crippen LogP contribution in [0.2, 0.25) is 0 Å². The zero-order chi connectivity index (χ0) is 24.6. The second-order valence-electron chi connectivity index (χ2n) is 10.4. The van der Waals surface area contributed by atoms with Crippen LogP contribution in [0.3, 0.4) is 0 Å². The maximum Gasteiger partial charge on any atom is 0.264 e. The van der Waals surface area contributed by atoms with Gasteiger partial charge in [0.15, 0.2) is 0 Å². The third-order valence-electron chi connectivity index (χ3n) is 8.14. The summed E-state index contributed by atoms with van der Waals surface area (Å²) in [5.41, 5.74) is 2.50. The summed E-state index contributed by atoms with van der Waals surface area (Å²) in [6, 6.07) is 12.7. The van der Waals surface area contributed by atoms with E-state index in [1.54, 1.807) is 24.3 Å². The van der Waals surface area contributed by atoms with E-state index in [2.05, 4.69) is 5.32 Å². The van der Waals surface area contributed by atoms with Crippen molar-refractivity contribution in [2.45, 2.75) is 62.8 Å². The fraction of sp³-hybridized carbons (Fsp3) is 0.519. The number of nitrogens with one attached hydrogen (secondary N) is 1. The lowest BCUT2D eigenvalue weighted by Gasteiger charge is -2.40. The van der Waals surface area contributed by atoms with Crippen molar-refractivity contribution >= 4 is 27.3 Å². The van der Waals surface area contributed by atoms with E-state index >= 15 is 0 Å². The number of ether oxygens (including phenoxy) is 1.